The van der Waals surface area contributed by atoms with Crippen molar-refractivity contribution in [3.63, 3.8) is 0 Å². The molecule has 0 aromatic carbocycles. The zero-order chi connectivity index (χ0) is 9.97. The van der Waals surface area contributed by atoms with Crippen molar-refractivity contribution in [1.29, 1.82) is 0 Å². The normalized spacial score (nSPS) is 10.1. The molecule has 0 atom stereocenters. The van der Waals surface area contributed by atoms with Crippen LogP contribution in [0.25, 0.3) is 11.3 Å². The molecule has 0 aliphatic heterocycles. The number of nitrogens with one attached hydrogen (secondary N) is 1. The van der Waals surface area contributed by atoms with Gasteiger partial charge in [-0.1, -0.05) is 12.2 Å². The zero-order valence-electron chi connectivity index (χ0n) is 7.69. The second-order valence-electron chi connectivity index (χ2n) is 3.00. The predicted molar refractivity (Wildman–Crippen MR) is 57.4 cm³/mol. The van der Waals surface area contributed by atoms with Crippen molar-refractivity contribution in [2.24, 2.45) is 0 Å². The van der Waals surface area contributed by atoms with Gasteiger partial charge < -0.3 is 4.98 Å². The lowest BCUT2D eigenvalue weighted by Crippen LogP contribution is -1.87. The number of hydrogen-bond acceptors (Lipinski definition) is 3. The fourth-order valence-corrected chi connectivity index (χ4v) is 1.41. The molecular weight excluding hydrogens is 194 g/mol. The molecule has 0 fully saturated rings. The van der Waals surface area contributed by atoms with E-state index in [0.717, 1.165) is 17.0 Å². The Hall–Kier alpha value is -1.55. The predicted octanol–water partition coefficient (Wildman–Crippen LogP) is 2.51. The number of aromatic amines is 1. The molecule has 0 amide bonds. The first-order valence-corrected chi connectivity index (χ1v) is 4.64. The molecule has 70 valence electrons. The van der Waals surface area contributed by atoms with Gasteiger partial charge in [0.1, 0.15) is 4.64 Å². The lowest BCUT2D eigenvalue weighted by molar-refractivity contribution is 1.16. The molecule has 0 saturated carbocycles. The van der Waals surface area contributed by atoms with Crippen LogP contribution in [0, 0.1) is 11.6 Å². The molecule has 0 spiro atoms. The van der Waals surface area contributed by atoms with E-state index in [0.29, 0.717) is 4.64 Å². The van der Waals surface area contributed by atoms with Gasteiger partial charge in [-0.15, -0.1) is 0 Å². The molecule has 3 nitrogen and oxygen atoms in total. The summed E-state index contributed by atoms with van der Waals surface area (Å²) >= 11 is 5.00. The molecule has 14 heavy (non-hydrogen) atoms. The number of H-pyrrole nitrogens is 1. The zero-order valence-corrected chi connectivity index (χ0v) is 8.51. The van der Waals surface area contributed by atoms with Gasteiger partial charge in [0.2, 0.25) is 0 Å². The van der Waals surface area contributed by atoms with E-state index in [-0.39, 0.29) is 0 Å². The first kappa shape index (κ1) is 9.02. The maximum atomic E-state index is 5.00. The van der Waals surface area contributed by atoms with E-state index in [1.54, 1.807) is 18.6 Å². The minimum atomic E-state index is 0.636. The molecule has 0 radical (unpaired) electrons. The molecule has 0 bridgehead atoms. The van der Waals surface area contributed by atoms with Crippen LogP contribution < -0.4 is 0 Å². The molecule has 2 rings (SSSR count). The Morgan fingerprint density at radius 3 is 2.93 bits per heavy atom. The van der Waals surface area contributed by atoms with E-state index in [1.165, 1.54) is 0 Å². The van der Waals surface area contributed by atoms with Crippen molar-refractivity contribution in [1.82, 2.24) is 15.0 Å². The third-order valence-corrected chi connectivity index (χ3v) is 2.07. The minimum absolute atomic E-state index is 0.636. The van der Waals surface area contributed by atoms with Crippen LogP contribution >= 0.6 is 12.2 Å². The Balaban J connectivity index is 2.55. The highest BCUT2D eigenvalue weighted by Crippen LogP contribution is 2.14. The summed E-state index contributed by atoms with van der Waals surface area (Å²) in [4.78, 5) is 11.2. The van der Waals surface area contributed by atoms with E-state index < -0.39 is 0 Å². The second-order valence-corrected chi connectivity index (χ2v) is 3.44. The van der Waals surface area contributed by atoms with E-state index >= 15 is 0 Å². The Labute approximate surface area is 86.9 Å². The molecule has 0 aliphatic rings. The summed E-state index contributed by atoms with van der Waals surface area (Å²) in [6.07, 6.45) is 5.14. The van der Waals surface area contributed by atoms with Crippen molar-refractivity contribution in [3.8, 4) is 11.3 Å². The van der Waals surface area contributed by atoms with E-state index in [4.69, 9.17) is 12.2 Å². The standard InChI is InChI=1S/C10H9N3S/c1-7-4-8(2-3-12-7)9-5-11-6-10(14)13-9/h2-6H,1H3,(H,13,14). The fraction of sp³-hybridized carbons (Fsp3) is 0.100. The quantitative estimate of drug-likeness (QED) is 0.724. The van der Waals surface area contributed by atoms with Crippen LogP contribution in [-0.4, -0.2) is 15.0 Å². The summed E-state index contributed by atoms with van der Waals surface area (Å²) in [6.45, 7) is 1.95. The number of nitrogens with zero attached hydrogens (tertiary/aromatic N) is 2. The first-order valence-electron chi connectivity index (χ1n) is 4.23. The Morgan fingerprint density at radius 2 is 2.21 bits per heavy atom. The van der Waals surface area contributed by atoms with E-state index in [2.05, 4.69) is 15.0 Å². The van der Waals surface area contributed by atoms with Gasteiger partial charge in [0.05, 0.1) is 18.1 Å². The molecule has 2 aromatic rings. The molecule has 0 saturated heterocycles. The van der Waals surface area contributed by atoms with Crippen LogP contribution in [0.3, 0.4) is 0 Å². The number of aromatic nitrogens is 3. The van der Waals surface area contributed by atoms with Gasteiger partial charge in [-0.05, 0) is 19.1 Å². The van der Waals surface area contributed by atoms with Gasteiger partial charge in [-0.3, -0.25) is 9.97 Å². The smallest absolute Gasteiger partial charge is 0.122 e. The van der Waals surface area contributed by atoms with Crippen molar-refractivity contribution in [2.75, 3.05) is 0 Å². The van der Waals surface area contributed by atoms with Gasteiger partial charge in [0.15, 0.2) is 0 Å². The highest BCUT2D eigenvalue weighted by Gasteiger charge is 1.97. The van der Waals surface area contributed by atoms with Crippen LogP contribution in [0.5, 0.6) is 0 Å². The van der Waals surface area contributed by atoms with Crippen molar-refractivity contribution in [3.05, 3.63) is 41.1 Å². The molecule has 2 heterocycles. The third kappa shape index (κ3) is 1.85. The summed E-state index contributed by atoms with van der Waals surface area (Å²) in [5, 5.41) is 0. The lowest BCUT2D eigenvalue weighted by atomic mass is 10.2. The highest BCUT2D eigenvalue weighted by atomic mass is 32.1. The van der Waals surface area contributed by atoms with E-state index in [9.17, 15) is 0 Å². The summed E-state index contributed by atoms with van der Waals surface area (Å²) in [5.41, 5.74) is 2.95. The minimum Gasteiger partial charge on any atom is -0.344 e. The summed E-state index contributed by atoms with van der Waals surface area (Å²) in [7, 11) is 0. The second kappa shape index (κ2) is 3.67. The molecule has 4 heteroatoms. The Kier molecular flexibility index (Phi) is 2.37. The van der Waals surface area contributed by atoms with Crippen LogP contribution in [0.1, 0.15) is 5.69 Å². The van der Waals surface area contributed by atoms with Gasteiger partial charge in [0.25, 0.3) is 0 Å². The monoisotopic (exact) mass is 203 g/mol. The number of hydrogen-bond donors (Lipinski definition) is 1. The van der Waals surface area contributed by atoms with Gasteiger partial charge in [-0.25, -0.2) is 0 Å². The Morgan fingerprint density at radius 1 is 1.36 bits per heavy atom. The largest absolute Gasteiger partial charge is 0.344 e. The van der Waals surface area contributed by atoms with Gasteiger partial charge in [-0.2, -0.15) is 0 Å². The Bertz CT molecular complexity index is 504. The van der Waals surface area contributed by atoms with Crippen molar-refractivity contribution < 1.29 is 0 Å². The van der Waals surface area contributed by atoms with Gasteiger partial charge >= 0.3 is 0 Å². The third-order valence-electron chi connectivity index (χ3n) is 1.86. The maximum absolute atomic E-state index is 5.00. The molecular formula is C10H9N3S. The topological polar surface area (TPSA) is 41.6 Å². The molecule has 2 aromatic heterocycles. The highest BCUT2D eigenvalue weighted by molar-refractivity contribution is 7.71. The number of aryl methyl sites for hydroxylation is 1. The number of rotatable bonds is 1. The summed E-state index contributed by atoms with van der Waals surface area (Å²) < 4.78 is 0.636. The van der Waals surface area contributed by atoms with Crippen molar-refractivity contribution in [2.45, 2.75) is 6.92 Å². The van der Waals surface area contributed by atoms with E-state index in [1.807, 2.05) is 19.1 Å². The molecule has 0 unspecified atom stereocenters. The lowest BCUT2D eigenvalue weighted by Gasteiger charge is -2.01. The maximum Gasteiger partial charge on any atom is 0.122 e. The number of pyridine rings is 1. The fourth-order valence-electron chi connectivity index (χ4n) is 1.24. The first-order chi connectivity index (χ1) is 6.75. The molecule has 1 N–H and O–H groups in total. The van der Waals surface area contributed by atoms with Crippen LogP contribution in [0.2, 0.25) is 0 Å². The van der Waals surface area contributed by atoms with Crippen molar-refractivity contribution >= 4 is 12.2 Å². The average molecular weight is 203 g/mol. The van der Waals surface area contributed by atoms with Crippen LogP contribution in [0.15, 0.2) is 30.7 Å². The van der Waals surface area contributed by atoms with Crippen LogP contribution in [-0.2, 0) is 0 Å². The van der Waals surface area contributed by atoms with Gasteiger partial charge in [0, 0.05) is 17.5 Å². The average Bonchev–Trinajstić information content (AvgIpc) is 2.18. The molecule has 0 aliphatic carbocycles. The summed E-state index contributed by atoms with van der Waals surface area (Å²) in [5.74, 6) is 0. The SMILES string of the molecule is Cc1cc(-c2cncc(=S)[nH]2)ccn1. The summed E-state index contributed by atoms with van der Waals surface area (Å²) in [6, 6.07) is 3.91. The van der Waals surface area contributed by atoms with Crippen LogP contribution in [0.4, 0.5) is 0 Å².